The number of hydrogen-bond donors (Lipinski definition) is 1. The van der Waals surface area contributed by atoms with Crippen LogP contribution in [0.2, 0.25) is 5.15 Å². The van der Waals surface area contributed by atoms with E-state index in [0.717, 1.165) is 43.0 Å². The Morgan fingerprint density at radius 2 is 2.19 bits per heavy atom. The highest BCUT2D eigenvalue weighted by molar-refractivity contribution is 6.30. The third-order valence-corrected chi connectivity index (χ3v) is 2.61. The summed E-state index contributed by atoms with van der Waals surface area (Å²) in [7, 11) is 0. The predicted molar refractivity (Wildman–Crippen MR) is 67.7 cm³/mol. The maximum atomic E-state index is 6.01. The second-order valence-corrected chi connectivity index (χ2v) is 3.85. The molecule has 0 unspecified atom stereocenters. The van der Waals surface area contributed by atoms with Crippen molar-refractivity contribution < 1.29 is 0 Å². The molecule has 4 heteroatoms. The molecule has 0 aliphatic carbocycles. The zero-order valence-electron chi connectivity index (χ0n) is 9.68. The quantitative estimate of drug-likeness (QED) is 0.486. The van der Waals surface area contributed by atoms with Crippen LogP contribution in [0.4, 0.5) is 5.82 Å². The summed E-state index contributed by atoms with van der Waals surface area (Å²) in [5.41, 5.74) is 0.888. The molecular formula is C12H16ClN3. The van der Waals surface area contributed by atoms with E-state index < -0.39 is 0 Å². The van der Waals surface area contributed by atoms with Gasteiger partial charge in [-0.15, -0.1) is 12.3 Å². The van der Waals surface area contributed by atoms with Gasteiger partial charge in [0.25, 0.3) is 0 Å². The Kier molecular flexibility index (Phi) is 5.07. The van der Waals surface area contributed by atoms with Crippen molar-refractivity contribution in [2.75, 3.05) is 11.9 Å². The zero-order chi connectivity index (χ0) is 12.0. The van der Waals surface area contributed by atoms with Crippen LogP contribution in [0.15, 0.2) is 0 Å². The van der Waals surface area contributed by atoms with Crippen LogP contribution in [-0.2, 0) is 6.42 Å². The van der Waals surface area contributed by atoms with E-state index in [4.69, 9.17) is 18.0 Å². The Morgan fingerprint density at radius 1 is 1.44 bits per heavy atom. The van der Waals surface area contributed by atoms with Gasteiger partial charge in [0.1, 0.15) is 16.8 Å². The van der Waals surface area contributed by atoms with Crippen molar-refractivity contribution in [3.05, 3.63) is 16.5 Å². The lowest BCUT2D eigenvalue weighted by Gasteiger charge is -2.10. The molecule has 0 atom stereocenters. The maximum Gasteiger partial charge on any atom is 0.137 e. The van der Waals surface area contributed by atoms with Crippen molar-refractivity contribution in [3.63, 3.8) is 0 Å². The van der Waals surface area contributed by atoms with Crippen molar-refractivity contribution in [1.82, 2.24) is 9.97 Å². The number of aryl methyl sites for hydroxylation is 1. The summed E-state index contributed by atoms with van der Waals surface area (Å²) in [6.45, 7) is 4.72. The minimum Gasteiger partial charge on any atom is -0.370 e. The highest BCUT2D eigenvalue weighted by Crippen LogP contribution is 2.19. The average Bonchev–Trinajstić information content (AvgIpc) is 2.29. The highest BCUT2D eigenvalue weighted by Gasteiger charge is 2.07. The number of nitrogens with zero attached hydrogens (tertiary/aromatic N) is 2. The molecule has 3 nitrogen and oxygen atoms in total. The molecule has 1 N–H and O–H groups in total. The molecule has 0 saturated heterocycles. The third-order valence-electron chi connectivity index (χ3n) is 2.24. The summed E-state index contributed by atoms with van der Waals surface area (Å²) in [6.07, 6.45) is 7.66. The Bertz CT molecular complexity index is 396. The van der Waals surface area contributed by atoms with Gasteiger partial charge in [0.15, 0.2) is 0 Å². The fourth-order valence-electron chi connectivity index (χ4n) is 1.26. The second-order valence-electron chi connectivity index (χ2n) is 3.49. The van der Waals surface area contributed by atoms with Crippen LogP contribution in [-0.4, -0.2) is 16.5 Å². The molecule has 0 amide bonds. The van der Waals surface area contributed by atoms with E-state index in [2.05, 4.69) is 21.2 Å². The molecule has 0 bridgehead atoms. The lowest BCUT2D eigenvalue weighted by molar-refractivity contribution is 0.879. The lowest BCUT2D eigenvalue weighted by Crippen LogP contribution is -2.08. The van der Waals surface area contributed by atoms with Crippen LogP contribution in [0.25, 0.3) is 0 Å². The number of halogens is 1. The lowest BCUT2D eigenvalue weighted by atomic mass is 10.3. The molecule has 0 aromatic carbocycles. The molecule has 0 radical (unpaired) electrons. The number of unbranched alkanes of at least 4 members (excludes halogenated alkanes) is 1. The summed E-state index contributed by atoms with van der Waals surface area (Å²) in [5.74, 6) is 4.18. The van der Waals surface area contributed by atoms with Crippen molar-refractivity contribution in [3.8, 4) is 12.3 Å². The van der Waals surface area contributed by atoms with Gasteiger partial charge in [0, 0.05) is 24.9 Å². The van der Waals surface area contributed by atoms with E-state index in [-0.39, 0.29) is 0 Å². The third kappa shape index (κ3) is 3.39. The Morgan fingerprint density at radius 3 is 2.81 bits per heavy atom. The van der Waals surface area contributed by atoms with Crippen molar-refractivity contribution in [2.24, 2.45) is 0 Å². The topological polar surface area (TPSA) is 37.8 Å². The molecule has 0 aliphatic heterocycles. The summed E-state index contributed by atoms with van der Waals surface area (Å²) >= 11 is 6.01. The van der Waals surface area contributed by atoms with Gasteiger partial charge in [-0.05, 0) is 13.3 Å². The van der Waals surface area contributed by atoms with Crippen LogP contribution in [0.5, 0.6) is 0 Å². The Balaban J connectivity index is 2.71. The number of terminal acetylenes is 1. The molecule has 0 fully saturated rings. The molecule has 1 aromatic rings. The summed E-state index contributed by atoms with van der Waals surface area (Å²) in [5, 5.41) is 3.75. The molecule has 1 aromatic heterocycles. The van der Waals surface area contributed by atoms with Crippen LogP contribution >= 0.6 is 11.6 Å². The minimum atomic E-state index is 0.520. The number of nitrogens with one attached hydrogen (secondary N) is 1. The predicted octanol–water partition coefficient (Wildman–Crippen LogP) is 2.83. The fourth-order valence-corrected chi connectivity index (χ4v) is 1.45. The maximum absolute atomic E-state index is 6.01. The van der Waals surface area contributed by atoms with Crippen LogP contribution < -0.4 is 5.32 Å². The molecule has 1 heterocycles. The Hall–Kier alpha value is -1.27. The zero-order valence-corrected chi connectivity index (χ0v) is 10.4. The summed E-state index contributed by atoms with van der Waals surface area (Å²) in [6, 6.07) is 0. The van der Waals surface area contributed by atoms with E-state index in [1.807, 2.05) is 13.8 Å². The Labute approximate surface area is 102 Å². The van der Waals surface area contributed by atoms with E-state index >= 15 is 0 Å². The number of rotatable bonds is 5. The van der Waals surface area contributed by atoms with Crippen LogP contribution in [0.3, 0.4) is 0 Å². The number of aromatic nitrogens is 2. The van der Waals surface area contributed by atoms with Crippen LogP contribution in [0.1, 0.15) is 31.2 Å². The highest BCUT2D eigenvalue weighted by atomic mass is 35.5. The van der Waals surface area contributed by atoms with Gasteiger partial charge < -0.3 is 5.32 Å². The summed E-state index contributed by atoms with van der Waals surface area (Å²) in [4.78, 5) is 8.57. The first-order valence-corrected chi connectivity index (χ1v) is 5.77. The molecule has 1 rings (SSSR count). The molecule has 0 spiro atoms. The monoisotopic (exact) mass is 237 g/mol. The fraction of sp³-hybridized carbons (Fsp3) is 0.500. The largest absolute Gasteiger partial charge is 0.370 e. The molecule has 16 heavy (non-hydrogen) atoms. The first-order chi connectivity index (χ1) is 7.69. The van der Waals surface area contributed by atoms with E-state index in [1.165, 1.54) is 0 Å². The van der Waals surface area contributed by atoms with E-state index in [1.54, 1.807) is 0 Å². The molecule has 86 valence electrons. The first-order valence-electron chi connectivity index (χ1n) is 5.39. The standard InChI is InChI=1S/C12H16ClN3/c1-4-6-7-8-14-12-9(3)11(13)15-10(5-2)16-12/h1H,5-8H2,2-3H3,(H,14,15,16). The average molecular weight is 238 g/mol. The van der Waals surface area contributed by atoms with E-state index in [9.17, 15) is 0 Å². The van der Waals surface area contributed by atoms with Gasteiger partial charge in [0.05, 0.1) is 0 Å². The van der Waals surface area contributed by atoms with Crippen molar-refractivity contribution in [2.45, 2.75) is 33.1 Å². The van der Waals surface area contributed by atoms with Gasteiger partial charge in [0.2, 0.25) is 0 Å². The number of hydrogen-bond acceptors (Lipinski definition) is 3. The minimum absolute atomic E-state index is 0.520. The second kappa shape index (κ2) is 6.34. The van der Waals surface area contributed by atoms with Crippen molar-refractivity contribution in [1.29, 1.82) is 0 Å². The number of anilines is 1. The summed E-state index contributed by atoms with van der Waals surface area (Å²) < 4.78 is 0. The molecule has 0 aliphatic rings. The molecular weight excluding hydrogens is 222 g/mol. The smallest absolute Gasteiger partial charge is 0.137 e. The molecule has 0 saturated carbocycles. The van der Waals surface area contributed by atoms with Gasteiger partial charge in [-0.1, -0.05) is 18.5 Å². The van der Waals surface area contributed by atoms with Gasteiger partial charge in [-0.3, -0.25) is 0 Å². The van der Waals surface area contributed by atoms with Gasteiger partial charge in [-0.25, -0.2) is 9.97 Å². The first kappa shape index (κ1) is 12.8. The normalized spacial score (nSPS) is 9.88. The van der Waals surface area contributed by atoms with Gasteiger partial charge in [-0.2, -0.15) is 0 Å². The SMILES string of the molecule is C#CCCCNc1nc(CC)nc(Cl)c1C. The van der Waals surface area contributed by atoms with Crippen molar-refractivity contribution >= 4 is 17.4 Å². The van der Waals surface area contributed by atoms with Crippen LogP contribution in [0, 0.1) is 19.3 Å². The van der Waals surface area contributed by atoms with Gasteiger partial charge >= 0.3 is 0 Å². The van der Waals surface area contributed by atoms with E-state index in [0.29, 0.717) is 5.15 Å².